The molecule has 0 atom stereocenters. The first-order chi connectivity index (χ1) is 18.0. The lowest BCUT2D eigenvalue weighted by Crippen LogP contribution is -2.47. The number of piperazine rings is 1. The smallest absolute Gasteiger partial charge is 0.382 e. The van der Waals surface area contributed by atoms with E-state index in [9.17, 15) is 31.1 Å². The summed E-state index contributed by atoms with van der Waals surface area (Å²) in [7, 11) is 0. The van der Waals surface area contributed by atoms with Crippen molar-refractivity contribution in [2.75, 3.05) is 56.0 Å². The molecule has 6 nitrogen and oxygen atoms in total. The van der Waals surface area contributed by atoms with Crippen molar-refractivity contribution in [3.63, 3.8) is 0 Å². The van der Waals surface area contributed by atoms with E-state index in [0.717, 1.165) is 49.7 Å². The molecule has 0 spiro atoms. The van der Waals surface area contributed by atoms with Gasteiger partial charge in [0, 0.05) is 69.3 Å². The first-order valence-electron chi connectivity index (χ1n) is 12.7. The predicted octanol–water partition coefficient (Wildman–Crippen LogP) is 5.12. The molecule has 0 saturated carbocycles. The Morgan fingerprint density at radius 2 is 1.55 bits per heavy atom. The second-order valence-corrected chi connectivity index (χ2v) is 9.70. The van der Waals surface area contributed by atoms with Crippen molar-refractivity contribution in [2.45, 2.75) is 44.1 Å². The molecule has 0 radical (unpaired) electrons. The van der Waals surface area contributed by atoms with Crippen LogP contribution in [0.15, 0.2) is 42.6 Å². The molecule has 3 heterocycles. The van der Waals surface area contributed by atoms with Crippen molar-refractivity contribution in [1.82, 2.24) is 14.8 Å². The topological polar surface area (TPSA) is 51.7 Å². The Balaban J connectivity index is 1.13. The standard InChI is InChI=1S/C26H31F6N5O/c27-25(28,29)19-3-5-22(6-4-19)36-16-14-35(15-17-36)11-1-2-24(38)37-12-8-20(9-13-37)34-21-7-10-33-23(18-21)26(30,31)32/h3-7,10,18,20H,1-2,8-9,11-17H2,(H,33,34). The van der Waals surface area contributed by atoms with Gasteiger partial charge >= 0.3 is 12.4 Å². The minimum Gasteiger partial charge on any atom is -0.382 e. The molecule has 1 aromatic carbocycles. The fourth-order valence-electron chi connectivity index (χ4n) is 4.89. The molecule has 0 bridgehead atoms. The molecule has 2 aromatic rings. The summed E-state index contributed by atoms with van der Waals surface area (Å²) in [4.78, 5) is 22.2. The van der Waals surface area contributed by atoms with Gasteiger partial charge in [-0.05, 0) is 62.2 Å². The first-order valence-corrected chi connectivity index (χ1v) is 12.7. The van der Waals surface area contributed by atoms with Gasteiger partial charge in [0.05, 0.1) is 5.56 Å². The van der Waals surface area contributed by atoms with E-state index in [4.69, 9.17) is 0 Å². The molecule has 4 rings (SSSR count). The molecule has 12 heteroatoms. The lowest BCUT2D eigenvalue weighted by molar-refractivity contribution is -0.141. The summed E-state index contributed by atoms with van der Waals surface area (Å²) in [6.07, 6.45) is -5.25. The predicted molar refractivity (Wildman–Crippen MR) is 132 cm³/mol. The zero-order valence-corrected chi connectivity index (χ0v) is 20.9. The molecular formula is C26H31F6N5O. The van der Waals surface area contributed by atoms with Gasteiger partial charge in [0.2, 0.25) is 5.91 Å². The zero-order valence-electron chi connectivity index (χ0n) is 20.9. The van der Waals surface area contributed by atoms with Crippen LogP contribution in [0.4, 0.5) is 37.7 Å². The number of alkyl halides is 6. The second kappa shape index (κ2) is 11.8. The van der Waals surface area contributed by atoms with E-state index < -0.39 is 23.6 Å². The highest BCUT2D eigenvalue weighted by Gasteiger charge is 2.33. The highest BCUT2D eigenvalue weighted by atomic mass is 19.4. The Labute approximate surface area is 217 Å². The minimum absolute atomic E-state index is 0.0107. The van der Waals surface area contributed by atoms with Crippen LogP contribution in [0.3, 0.4) is 0 Å². The van der Waals surface area contributed by atoms with E-state index in [0.29, 0.717) is 57.5 Å². The number of hydrogen-bond donors (Lipinski definition) is 1. The number of amides is 1. The maximum Gasteiger partial charge on any atom is 0.433 e. The van der Waals surface area contributed by atoms with Gasteiger partial charge in [-0.25, -0.2) is 0 Å². The number of aromatic nitrogens is 1. The van der Waals surface area contributed by atoms with Gasteiger partial charge in [0.15, 0.2) is 0 Å². The number of carbonyl (C=O) groups is 1. The van der Waals surface area contributed by atoms with Gasteiger partial charge in [-0.1, -0.05) is 0 Å². The number of halogens is 6. The van der Waals surface area contributed by atoms with Crippen molar-refractivity contribution in [3.05, 3.63) is 53.9 Å². The molecular weight excluding hydrogens is 512 g/mol. The summed E-state index contributed by atoms with van der Waals surface area (Å²) in [5, 5.41) is 3.13. The fraction of sp³-hybridized carbons (Fsp3) is 0.538. The molecule has 1 amide bonds. The number of anilines is 2. The van der Waals surface area contributed by atoms with Crippen LogP contribution < -0.4 is 10.2 Å². The van der Waals surface area contributed by atoms with Crippen LogP contribution in [0.2, 0.25) is 0 Å². The van der Waals surface area contributed by atoms with Crippen molar-refractivity contribution in [1.29, 1.82) is 0 Å². The van der Waals surface area contributed by atoms with Gasteiger partial charge in [0.1, 0.15) is 5.69 Å². The normalized spacial score (nSPS) is 18.1. The van der Waals surface area contributed by atoms with E-state index >= 15 is 0 Å². The van der Waals surface area contributed by atoms with Crippen molar-refractivity contribution < 1.29 is 31.1 Å². The lowest BCUT2D eigenvalue weighted by atomic mass is 10.0. The van der Waals surface area contributed by atoms with E-state index in [1.807, 2.05) is 4.90 Å². The largest absolute Gasteiger partial charge is 0.433 e. The number of pyridine rings is 1. The molecule has 2 saturated heterocycles. The number of nitrogens with zero attached hydrogens (tertiary/aromatic N) is 4. The SMILES string of the molecule is O=C(CCCN1CCN(c2ccc(C(F)(F)F)cc2)CC1)N1CCC(Nc2ccnc(C(F)(F)F)c2)CC1. The summed E-state index contributed by atoms with van der Waals surface area (Å²) >= 11 is 0. The maximum absolute atomic E-state index is 12.9. The van der Waals surface area contributed by atoms with Crippen LogP contribution in [0, 0.1) is 0 Å². The van der Waals surface area contributed by atoms with Crippen LogP contribution in [0.1, 0.15) is 36.9 Å². The summed E-state index contributed by atoms with van der Waals surface area (Å²) in [5.74, 6) is 0.0788. The van der Waals surface area contributed by atoms with Crippen molar-refractivity contribution in [3.8, 4) is 0 Å². The summed E-state index contributed by atoms with van der Waals surface area (Å²) in [6, 6.07) is 7.73. The Bertz CT molecular complexity index is 1060. The third-order valence-corrected chi connectivity index (χ3v) is 7.07. The molecule has 1 N–H and O–H groups in total. The molecule has 2 fully saturated rings. The third kappa shape index (κ3) is 7.52. The minimum atomic E-state index is -4.49. The summed E-state index contributed by atoms with van der Waals surface area (Å²) < 4.78 is 76.9. The fourth-order valence-corrected chi connectivity index (χ4v) is 4.89. The molecule has 0 unspecified atom stereocenters. The quantitative estimate of drug-likeness (QED) is 0.492. The Kier molecular flexibility index (Phi) is 8.69. The Morgan fingerprint density at radius 3 is 2.16 bits per heavy atom. The summed E-state index contributed by atoms with van der Waals surface area (Å²) in [5.41, 5.74) is -0.444. The first kappa shape index (κ1) is 28.0. The van der Waals surface area contributed by atoms with Crippen LogP contribution >= 0.6 is 0 Å². The number of carbonyl (C=O) groups excluding carboxylic acids is 1. The Hall–Kier alpha value is -3.02. The number of rotatable bonds is 7. The number of piperidine rings is 1. The van der Waals surface area contributed by atoms with Crippen LogP contribution in [-0.4, -0.2) is 72.5 Å². The highest BCUT2D eigenvalue weighted by molar-refractivity contribution is 5.76. The van der Waals surface area contributed by atoms with E-state index in [2.05, 4.69) is 20.1 Å². The number of benzene rings is 1. The van der Waals surface area contributed by atoms with Crippen LogP contribution in [0.5, 0.6) is 0 Å². The van der Waals surface area contributed by atoms with Gasteiger partial charge in [-0.3, -0.25) is 14.7 Å². The molecule has 2 aliphatic heterocycles. The molecule has 0 aliphatic carbocycles. The number of nitrogens with one attached hydrogen (secondary N) is 1. The van der Waals surface area contributed by atoms with Gasteiger partial charge in [-0.2, -0.15) is 26.3 Å². The van der Waals surface area contributed by atoms with Crippen molar-refractivity contribution in [2.24, 2.45) is 0 Å². The van der Waals surface area contributed by atoms with Gasteiger partial charge < -0.3 is 15.1 Å². The van der Waals surface area contributed by atoms with E-state index in [-0.39, 0.29) is 11.9 Å². The van der Waals surface area contributed by atoms with Crippen molar-refractivity contribution >= 4 is 17.3 Å². The van der Waals surface area contributed by atoms with E-state index in [1.165, 1.54) is 18.2 Å². The molecule has 38 heavy (non-hydrogen) atoms. The maximum atomic E-state index is 12.9. The van der Waals surface area contributed by atoms with Gasteiger partial charge in [0.25, 0.3) is 0 Å². The van der Waals surface area contributed by atoms with Crippen LogP contribution in [-0.2, 0) is 17.1 Å². The van der Waals surface area contributed by atoms with Gasteiger partial charge in [-0.15, -0.1) is 0 Å². The average molecular weight is 544 g/mol. The Morgan fingerprint density at radius 1 is 0.895 bits per heavy atom. The summed E-state index contributed by atoms with van der Waals surface area (Å²) in [6.45, 7) is 4.85. The van der Waals surface area contributed by atoms with E-state index in [1.54, 1.807) is 0 Å². The highest BCUT2D eigenvalue weighted by Crippen LogP contribution is 2.31. The number of likely N-dealkylation sites (tertiary alicyclic amines) is 1. The lowest BCUT2D eigenvalue weighted by Gasteiger charge is -2.36. The monoisotopic (exact) mass is 543 g/mol. The molecule has 1 aromatic heterocycles. The molecule has 2 aliphatic rings. The average Bonchev–Trinajstić information content (AvgIpc) is 2.89. The number of hydrogen-bond acceptors (Lipinski definition) is 5. The zero-order chi connectivity index (χ0) is 27.3. The second-order valence-electron chi connectivity index (χ2n) is 9.70. The van der Waals surface area contributed by atoms with Crippen LogP contribution in [0.25, 0.3) is 0 Å². The molecule has 208 valence electrons. The third-order valence-electron chi connectivity index (χ3n) is 7.07.